The van der Waals surface area contributed by atoms with Crippen molar-refractivity contribution in [2.24, 2.45) is 0 Å². The van der Waals surface area contributed by atoms with E-state index in [9.17, 15) is 9.79 Å². The maximum absolute atomic E-state index is 11.9. The van der Waals surface area contributed by atoms with Crippen LogP contribution in [0.1, 0.15) is 38.8 Å². The van der Waals surface area contributed by atoms with E-state index < -0.39 is 7.21 Å². The van der Waals surface area contributed by atoms with Gasteiger partial charge in [0.2, 0.25) is 0 Å². The van der Waals surface area contributed by atoms with E-state index in [2.05, 4.69) is 0 Å². The van der Waals surface area contributed by atoms with E-state index in [1.54, 1.807) is 24.3 Å². The fraction of sp³-hybridized carbons (Fsp3) is 0.400. The molecule has 0 heterocycles. The van der Waals surface area contributed by atoms with Gasteiger partial charge in [-0.3, -0.25) is 0 Å². The zero-order chi connectivity index (χ0) is 19.6. The topological polar surface area (TPSA) is 43.7 Å². The number of benzene rings is 2. The minimum atomic E-state index is -4.27. The van der Waals surface area contributed by atoms with Crippen molar-refractivity contribution >= 4 is 30.4 Å². The van der Waals surface area contributed by atoms with Gasteiger partial charge in [0.05, 0.1) is 0 Å². The first-order chi connectivity index (χ1) is 12.0. The van der Waals surface area contributed by atoms with Gasteiger partial charge >= 0.3 is 167 Å². The van der Waals surface area contributed by atoms with Crippen molar-refractivity contribution in [3.8, 4) is 0 Å². The molecule has 0 aliphatic carbocycles. The van der Waals surface area contributed by atoms with Crippen LogP contribution < -0.4 is 0 Å². The molecule has 2 aromatic rings. The zero-order valence-corrected chi connectivity index (χ0v) is 18.1. The molecular formula is C20H28Cl2NO2P. The number of hydrogen-bond donors (Lipinski definition) is 2. The van der Waals surface area contributed by atoms with Gasteiger partial charge in [0, 0.05) is 0 Å². The third kappa shape index (κ3) is 5.19. The molecule has 26 heavy (non-hydrogen) atoms. The fourth-order valence-electron chi connectivity index (χ4n) is 3.81. The van der Waals surface area contributed by atoms with Crippen LogP contribution in [0.4, 0.5) is 0 Å². The number of nitrogens with zero attached hydrogens (tertiary/aromatic N) is 1. The molecule has 0 bridgehead atoms. The first kappa shape index (κ1) is 21.6. The molecule has 0 spiro atoms. The van der Waals surface area contributed by atoms with Crippen molar-refractivity contribution in [2.75, 3.05) is 0 Å². The van der Waals surface area contributed by atoms with Crippen molar-refractivity contribution in [3.63, 3.8) is 0 Å². The average molecular weight is 416 g/mol. The van der Waals surface area contributed by atoms with Gasteiger partial charge in [0.25, 0.3) is 0 Å². The first-order valence-electron chi connectivity index (χ1n) is 8.79. The van der Waals surface area contributed by atoms with Gasteiger partial charge in [0.15, 0.2) is 0 Å². The number of hydrogen-bond acceptors (Lipinski definition) is 3. The summed E-state index contributed by atoms with van der Waals surface area (Å²) in [5, 5.41) is 1.26. The quantitative estimate of drug-likeness (QED) is 0.537. The van der Waals surface area contributed by atoms with E-state index in [1.807, 2.05) is 56.6 Å². The van der Waals surface area contributed by atoms with E-state index in [-0.39, 0.29) is 24.4 Å². The molecule has 2 N–H and O–H groups in total. The minimum absolute atomic E-state index is 0.0118. The summed E-state index contributed by atoms with van der Waals surface area (Å²) in [4.78, 5) is 23.7. The average Bonchev–Trinajstić information content (AvgIpc) is 2.50. The Morgan fingerprint density at radius 1 is 0.731 bits per heavy atom. The van der Waals surface area contributed by atoms with E-state index in [0.717, 1.165) is 11.1 Å². The van der Waals surface area contributed by atoms with Crippen LogP contribution in [0, 0.1) is 0 Å². The Kier molecular flexibility index (Phi) is 6.77. The summed E-state index contributed by atoms with van der Waals surface area (Å²) in [6.07, 6.45) is 0.365. The van der Waals surface area contributed by atoms with Crippen LogP contribution in [-0.4, -0.2) is 26.5 Å². The van der Waals surface area contributed by atoms with E-state index >= 15 is 0 Å². The fourth-order valence-corrected chi connectivity index (χ4v) is 8.55. The van der Waals surface area contributed by atoms with Crippen LogP contribution in [0.5, 0.6) is 0 Å². The molecule has 0 atom stereocenters. The molecule has 0 fully saturated rings. The molecule has 3 nitrogen and oxygen atoms in total. The SMILES string of the molecule is CC(C)N(C(C)C)P(O)(O)(Cc1ccc(Cl)cc1)Cc1ccc(Cl)cc1. The Bertz CT molecular complexity index is 671. The van der Waals surface area contributed by atoms with Crippen LogP contribution in [0.3, 0.4) is 0 Å². The predicted molar refractivity (Wildman–Crippen MR) is 114 cm³/mol. The maximum atomic E-state index is 11.9. The summed E-state index contributed by atoms with van der Waals surface area (Å²) in [5.74, 6) is 0. The van der Waals surface area contributed by atoms with Gasteiger partial charge in [-0.2, -0.15) is 0 Å². The van der Waals surface area contributed by atoms with E-state index in [1.165, 1.54) is 0 Å². The first-order valence-corrected chi connectivity index (χ1v) is 12.0. The van der Waals surface area contributed by atoms with Crippen LogP contribution in [0.15, 0.2) is 48.5 Å². The van der Waals surface area contributed by atoms with Gasteiger partial charge in [-0.25, -0.2) is 0 Å². The van der Waals surface area contributed by atoms with Gasteiger partial charge in [-0.05, 0) is 0 Å². The Hall–Kier alpha value is -0.670. The summed E-state index contributed by atoms with van der Waals surface area (Å²) in [5.41, 5.74) is 1.72. The molecular weight excluding hydrogens is 388 g/mol. The molecule has 0 amide bonds. The summed E-state index contributed by atoms with van der Waals surface area (Å²) < 4.78 is 1.88. The normalized spacial score (nSPS) is 14.0. The van der Waals surface area contributed by atoms with Crippen LogP contribution in [0.2, 0.25) is 10.0 Å². The molecule has 0 saturated heterocycles. The monoisotopic (exact) mass is 415 g/mol. The molecule has 2 rings (SSSR count). The predicted octanol–water partition coefficient (Wildman–Crippen LogP) is 6.10. The summed E-state index contributed by atoms with van der Waals surface area (Å²) >= 11 is 12.0. The third-order valence-corrected chi connectivity index (χ3v) is 8.95. The molecule has 144 valence electrons. The molecule has 0 aliphatic rings. The van der Waals surface area contributed by atoms with Crippen LogP contribution >= 0.6 is 30.4 Å². The second kappa shape index (κ2) is 8.14. The Morgan fingerprint density at radius 3 is 1.31 bits per heavy atom. The molecule has 0 unspecified atom stereocenters. The van der Waals surface area contributed by atoms with Crippen molar-refractivity contribution < 1.29 is 9.79 Å². The van der Waals surface area contributed by atoms with Crippen molar-refractivity contribution in [1.82, 2.24) is 4.67 Å². The van der Waals surface area contributed by atoms with Gasteiger partial charge in [0.1, 0.15) is 0 Å². The summed E-state index contributed by atoms with van der Waals surface area (Å²) in [6, 6.07) is 14.5. The van der Waals surface area contributed by atoms with Crippen molar-refractivity contribution in [3.05, 3.63) is 69.7 Å². The van der Waals surface area contributed by atoms with Crippen LogP contribution in [-0.2, 0) is 12.3 Å². The van der Waals surface area contributed by atoms with Gasteiger partial charge < -0.3 is 0 Å². The molecule has 0 saturated carbocycles. The molecule has 0 aliphatic heterocycles. The molecule has 0 radical (unpaired) electrons. The molecule has 0 aromatic heterocycles. The van der Waals surface area contributed by atoms with E-state index in [0.29, 0.717) is 10.0 Å². The van der Waals surface area contributed by atoms with Gasteiger partial charge in [-0.15, -0.1) is 0 Å². The van der Waals surface area contributed by atoms with Gasteiger partial charge in [-0.1, -0.05) is 0 Å². The summed E-state index contributed by atoms with van der Waals surface area (Å²) in [6.45, 7) is 7.99. The third-order valence-electron chi connectivity index (χ3n) is 4.43. The van der Waals surface area contributed by atoms with E-state index in [4.69, 9.17) is 23.2 Å². The Morgan fingerprint density at radius 2 is 1.04 bits per heavy atom. The molecule has 6 heteroatoms. The zero-order valence-electron chi connectivity index (χ0n) is 15.7. The Labute approximate surface area is 166 Å². The van der Waals surface area contributed by atoms with Crippen LogP contribution in [0.25, 0.3) is 0 Å². The van der Waals surface area contributed by atoms with Crippen molar-refractivity contribution in [2.45, 2.75) is 52.1 Å². The summed E-state index contributed by atoms with van der Waals surface area (Å²) in [7, 11) is -4.27. The second-order valence-corrected chi connectivity index (χ2v) is 12.1. The Balaban J connectivity index is 2.50. The number of halogens is 2. The second-order valence-electron chi connectivity index (χ2n) is 7.48. The van der Waals surface area contributed by atoms with Crippen molar-refractivity contribution in [1.29, 1.82) is 0 Å². The number of rotatable bonds is 7. The standard InChI is InChI=1S/C20H28Cl2NO2P/c1-15(2)23(16(3)4)26(24,25,13-17-5-9-19(21)10-6-17)14-18-7-11-20(22)12-8-18/h5-12,15-16,24-25H,13-14H2,1-4H3. The molecule has 2 aromatic carbocycles.